The minimum absolute atomic E-state index is 0.104. The van der Waals surface area contributed by atoms with Gasteiger partial charge in [0.2, 0.25) is 5.91 Å². The predicted molar refractivity (Wildman–Crippen MR) is 98.9 cm³/mol. The number of carbonyl (C=O) groups excluding carboxylic acids is 1. The van der Waals surface area contributed by atoms with Crippen molar-refractivity contribution in [2.75, 3.05) is 25.7 Å². The molecule has 7 nitrogen and oxygen atoms in total. The smallest absolute Gasteiger partial charge is 0.258 e. The summed E-state index contributed by atoms with van der Waals surface area (Å²) in [6, 6.07) is 11.3. The highest BCUT2D eigenvalue weighted by molar-refractivity contribution is 5.96. The molecule has 144 valence electrons. The number of ether oxygens (including phenoxy) is 2. The van der Waals surface area contributed by atoms with Crippen LogP contribution >= 0.6 is 0 Å². The Labute approximate surface area is 160 Å². The first-order valence-electron chi connectivity index (χ1n) is 8.71. The maximum atomic E-state index is 13.5. The molecule has 2 heterocycles. The van der Waals surface area contributed by atoms with Gasteiger partial charge >= 0.3 is 0 Å². The van der Waals surface area contributed by atoms with Crippen molar-refractivity contribution in [2.45, 2.75) is 12.3 Å². The van der Waals surface area contributed by atoms with E-state index in [0.29, 0.717) is 41.0 Å². The Morgan fingerprint density at radius 1 is 1.14 bits per heavy atom. The molecule has 3 aromatic rings. The van der Waals surface area contributed by atoms with Crippen molar-refractivity contribution in [3.8, 4) is 23.0 Å². The molecule has 2 aromatic carbocycles. The summed E-state index contributed by atoms with van der Waals surface area (Å²) in [5, 5.41) is 4.04. The van der Waals surface area contributed by atoms with E-state index in [9.17, 15) is 9.18 Å². The van der Waals surface area contributed by atoms with Gasteiger partial charge in [0.05, 0.1) is 14.2 Å². The Morgan fingerprint density at radius 2 is 1.96 bits per heavy atom. The van der Waals surface area contributed by atoms with Gasteiger partial charge in [-0.1, -0.05) is 11.2 Å². The second-order valence-corrected chi connectivity index (χ2v) is 6.41. The maximum absolute atomic E-state index is 13.5. The van der Waals surface area contributed by atoms with Crippen LogP contribution < -0.4 is 14.4 Å². The normalized spacial score (nSPS) is 16.5. The highest BCUT2D eigenvalue weighted by Crippen LogP contribution is 2.34. The molecule has 0 aliphatic carbocycles. The number of aromatic nitrogens is 2. The van der Waals surface area contributed by atoms with E-state index < -0.39 is 0 Å². The molecule has 0 bridgehead atoms. The SMILES string of the molecule is COc1ccc(-c2nc(C3CC(=O)N(c4cccc(F)c4)C3)no2)cc1OC. The van der Waals surface area contributed by atoms with E-state index in [1.807, 2.05) is 0 Å². The summed E-state index contributed by atoms with van der Waals surface area (Å²) >= 11 is 0. The lowest BCUT2D eigenvalue weighted by atomic mass is 10.1. The molecule has 1 atom stereocenters. The highest BCUT2D eigenvalue weighted by Gasteiger charge is 2.34. The first kappa shape index (κ1) is 18.0. The number of methoxy groups -OCH3 is 2. The second-order valence-electron chi connectivity index (χ2n) is 6.41. The van der Waals surface area contributed by atoms with E-state index in [-0.39, 0.29) is 24.1 Å². The highest BCUT2D eigenvalue weighted by atomic mass is 19.1. The Kier molecular flexibility index (Phi) is 4.68. The summed E-state index contributed by atoms with van der Waals surface area (Å²) in [5.41, 5.74) is 1.21. The number of rotatable bonds is 5. The minimum atomic E-state index is -0.385. The van der Waals surface area contributed by atoms with Crippen LogP contribution in [0.1, 0.15) is 18.2 Å². The molecule has 1 saturated heterocycles. The van der Waals surface area contributed by atoms with Gasteiger partial charge < -0.3 is 18.9 Å². The fourth-order valence-corrected chi connectivity index (χ4v) is 3.26. The lowest BCUT2D eigenvalue weighted by molar-refractivity contribution is -0.117. The molecular weight excluding hydrogens is 365 g/mol. The number of benzene rings is 2. The lowest BCUT2D eigenvalue weighted by Gasteiger charge is -2.15. The Bertz CT molecular complexity index is 1020. The quantitative estimate of drug-likeness (QED) is 0.672. The molecule has 1 amide bonds. The van der Waals surface area contributed by atoms with E-state index in [0.717, 1.165) is 0 Å². The van der Waals surface area contributed by atoms with Crippen LogP contribution in [-0.4, -0.2) is 36.8 Å². The fraction of sp³-hybridized carbons (Fsp3) is 0.250. The Hall–Kier alpha value is -3.42. The number of hydrogen-bond donors (Lipinski definition) is 0. The number of halogens is 1. The van der Waals surface area contributed by atoms with E-state index in [1.54, 1.807) is 49.5 Å². The third-order valence-electron chi connectivity index (χ3n) is 4.68. The molecule has 28 heavy (non-hydrogen) atoms. The average Bonchev–Trinajstić information content (AvgIpc) is 3.34. The van der Waals surface area contributed by atoms with Crippen LogP contribution in [0, 0.1) is 5.82 Å². The van der Waals surface area contributed by atoms with Crippen LogP contribution in [0.5, 0.6) is 11.5 Å². The predicted octanol–water partition coefficient (Wildman–Crippen LogP) is 3.41. The maximum Gasteiger partial charge on any atom is 0.258 e. The van der Waals surface area contributed by atoms with Crippen LogP contribution in [0.2, 0.25) is 0 Å². The Morgan fingerprint density at radius 3 is 2.71 bits per heavy atom. The summed E-state index contributed by atoms with van der Waals surface area (Å²) in [5.74, 6) is 1.20. The summed E-state index contributed by atoms with van der Waals surface area (Å²) in [7, 11) is 3.11. The van der Waals surface area contributed by atoms with E-state index in [4.69, 9.17) is 14.0 Å². The summed E-state index contributed by atoms with van der Waals surface area (Å²) in [6.45, 7) is 0.368. The first-order valence-corrected chi connectivity index (χ1v) is 8.71. The number of nitrogens with zero attached hydrogens (tertiary/aromatic N) is 3. The van der Waals surface area contributed by atoms with E-state index >= 15 is 0 Å². The van der Waals surface area contributed by atoms with Crippen molar-refractivity contribution in [3.63, 3.8) is 0 Å². The molecular formula is C20H18FN3O4. The second kappa shape index (κ2) is 7.30. The van der Waals surface area contributed by atoms with Crippen LogP contribution in [-0.2, 0) is 4.79 Å². The molecule has 1 fully saturated rings. The van der Waals surface area contributed by atoms with Crippen molar-refractivity contribution in [1.82, 2.24) is 10.1 Å². The number of hydrogen-bond acceptors (Lipinski definition) is 6. The zero-order valence-electron chi connectivity index (χ0n) is 15.4. The average molecular weight is 383 g/mol. The van der Waals surface area contributed by atoms with Crippen LogP contribution in [0.15, 0.2) is 47.0 Å². The van der Waals surface area contributed by atoms with Crippen molar-refractivity contribution in [1.29, 1.82) is 0 Å². The number of anilines is 1. The summed E-state index contributed by atoms with van der Waals surface area (Å²) in [6.07, 6.45) is 0.238. The van der Waals surface area contributed by atoms with Crippen molar-refractivity contribution < 1.29 is 23.2 Å². The third kappa shape index (κ3) is 3.28. The molecule has 0 radical (unpaired) electrons. The molecule has 1 aliphatic rings. The van der Waals surface area contributed by atoms with Crippen molar-refractivity contribution in [3.05, 3.63) is 54.1 Å². The number of carbonyl (C=O) groups is 1. The number of amides is 1. The van der Waals surface area contributed by atoms with E-state index in [2.05, 4.69) is 10.1 Å². The minimum Gasteiger partial charge on any atom is -0.493 e. The monoisotopic (exact) mass is 383 g/mol. The van der Waals surface area contributed by atoms with Crippen molar-refractivity contribution >= 4 is 11.6 Å². The standard InChI is InChI=1S/C20H18FN3O4/c1-26-16-7-6-12(8-17(16)27-2)20-22-19(23-28-20)13-9-18(25)24(11-13)15-5-3-4-14(21)10-15/h3-8,10,13H,9,11H2,1-2H3. The summed E-state index contributed by atoms with van der Waals surface area (Å²) < 4.78 is 29.4. The van der Waals surface area contributed by atoms with Gasteiger partial charge in [-0.3, -0.25) is 4.79 Å². The first-order chi connectivity index (χ1) is 13.6. The molecule has 0 saturated carbocycles. The van der Waals surface area contributed by atoms with Gasteiger partial charge in [-0.25, -0.2) is 4.39 Å². The lowest BCUT2D eigenvalue weighted by Crippen LogP contribution is -2.24. The topological polar surface area (TPSA) is 77.7 Å². The van der Waals surface area contributed by atoms with E-state index in [1.165, 1.54) is 12.1 Å². The van der Waals surface area contributed by atoms with Gasteiger partial charge in [0.1, 0.15) is 5.82 Å². The van der Waals surface area contributed by atoms with Crippen molar-refractivity contribution in [2.24, 2.45) is 0 Å². The molecule has 1 aliphatic heterocycles. The molecule has 1 unspecified atom stereocenters. The van der Waals surface area contributed by atoms with Gasteiger partial charge in [-0.2, -0.15) is 4.98 Å². The Balaban J connectivity index is 1.56. The van der Waals surface area contributed by atoms with Gasteiger partial charge in [0.25, 0.3) is 5.89 Å². The van der Waals surface area contributed by atoms with Gasteiger partial charge in [-0.15, -0.1) is 0 Å². The molecule has 0 spiro atoms. The largest absolute Gasteiger partial charge is 0.493 e. The van der Waals surface area contributed by atoms with Crippen LogP contribution in [0.25, 0.3) is 11.5 Å². The van der Waals surface area contributed by atoms with Gasteiger partial charge in [0.15, 0.2) is 17.3 Å². The van der Waals surface area contributed by atoms with Gasteiger partial charge in [-0.05, 0) is 36.4 Å². The zero-order valence-corrected chi connectivity index (χ0v) is 15.4. The van der Waals surface area contributed by atoms with Gasteiger partial charge in [0, 0.05) is 30.1 Å². The molecule has 8 heteroatoms. The van der Waals surface area contributed by atoms with Crippen LogP contribution in [0.3, 0.4) is 0 Å². The molecule has 4 rings (SSSR count). The fourth-order valence-electron chi connectivity index (χ4n) is 3.26. The zero-order chi connectivity index (χ0) is 19.7. The molecule has 1 aromatic heterocycles. The molecule has 0 N–H and O–H groups in total. The third-order valence-corrected chi connectivity index (χ3v) is 4.68. The summed E-state index contributed by atoms with van der Waals surface area (Å²) in [4.78, 5) is 18.4. The van der Waals surface area contributed by atoms with Crippen LogP contribution in [0.4, 0.5) is 10.1 Å².